The number of thioether (sulfide) groups is 1. The second-order valence-corrected chi connectivity index (χ2v) is 5.42. The van der Waals surface area contributed by atoms with E-state index in [1.807, 2.05) is 36.6 Å². The number of anilines is 1. The summed E-state index contributed by atoms with van der Waals surface area (Å²) in [7, 11) is 0. The highest BCUT2D eigenvalue weighted by Crippen LogP contribution is 2.43. The number of nitriles is 1. The van der Waals surface area contributed by atoms with Crippen LogP contribution in [0.5, 0.6) is 5.88 Å². The minimum atomic E-state index is -0.425. The first-order valence-corrected chi connectivity index (χ1v) is 7.72. The molecule has 1 aromatic heterocycles. The Labute approximate surface area is 131 Å². The summed E-state index contributed by atoms with van der Waals surface area (Å²) in [6.07, 6.45) is 1.85. The number of ether oxygens (including phenoxy) is 1. The lowest BCUT2D eigenvalue weighted by Gasteiger charge is -2.26. The van der Waals surface area contributed by atoms with Gasteiger partial charge in [-0.15, -0.1) is 0 Å². The second-order valence-electron chi connectivity index (χ2n) is 4.65. The normalized spacial score (nSPS) is 16.6. The topological polar surface area (TPSA) is 111 Å². The van der Waals surface area contributed by atoms with Gasteiger partial charge >= 0.3 is 0 Å². The summed E-state index contributed by atoms with van der Waals surface area (Å²) >= 11 is 1.36. The lowest BCUT2D eigenvalue weighted by atomic mass is 9.85. The molecule has 110 valence electrons. The van der Waals surface area contributed by atoms with Gasteiger partial charge in [-0.2, -0.15) is 10.2 Å². The first kappa shape index (κ1) is 14.2. The highest BCUT2D eigenvalue weighted by atomic mass is 32.2. The maximum Gasteiger partial charge on any atom is 0.231 e. The van der Waals surface area contributed by atoms with Crippen LogP contribution in [0, 0.1) is 11.3 Å². The molecule has 1 aliphatic rings. The van der Waals surface area contributed by atoms with Gasteiger partial charge in [-0.25, -0.2) is 4.98 Å². The second kappa shape index (κ2) is 5.58. The number of hydrogen-bond acceptors (Lipinski definition) is 7. The summed E-state index contributed by atoms with van der Waals surface area (Å²) in [5.74, 6) is 0.227. The van der Waals surface area contributed by atoms with Crippen LogP contribution in [0.2, 0.25) is 0 Å². The molecule has 0 spiro atoms. The van der Waals surface area contributed by atoms with Crippen molar-refractivity contribution in [3.05, 3.63) is 52.9 Å². The van der Waals surface area contributed by atoms with E-state index in [9.17, 15) is 5.26 Å². The van der Waals surface area contributed by atoms with Crippen molar-refractivity contribution in [2.45, 2.75) is 11.1 Å². The molecule has 6 nitrogen and oxygen atoms in total. The number of rotatable bonds is 2. The molecule has 0 radical (unpaired) electrons. The third-order valence-corrected chi connectivity index (χ3v) is 3.95. The van der Waals surface area contributed by atoms with Crippen LogP contribution in [-0.2, 0) is 0 Å². The Hall–Kier alpha value is -2.72. The molecule has 0 saturated carbocycles. The Kier molecular flexibility index (Phi) is 3.61. The predicted molar refractivity (Wildman–Crippen MR) is 84.0 cm³/mol. The molecular weight excluding hydrogens is 298 g/mol. The number of nitrogen functional groups attached to an aromatic ring is 1. The van der Waals surface area contributed by atoms with E-state index < -0.39 is 5.92 Å². The molecule has 0 amide bonds. The molecule has 4 N–H and O–H groups in total. The number of benzene rings is 1. The van der Waals surface area contributed by atoms with Crippen LogP contribution < -0.4 is 16.2 Å². The Balaban J connectivity index is 2.26. The Morgan fingerprint density at radius 2 is 1.95 bits per heavy atom. The van der Waals surface area contributed by atoms with Crippen LogP contribution >= 0.6 is 11.8 Å². The van der Waals surface area contributed by atoms with E-state index in [4.69, 9.17) is 16.2 Å². The van der Waals surface area contributed by atoms with E-state index in [0.29, 0.717) is 28.0 Å². The molecule has 0 aliphatic carbocycles. The Bertz CT molecular complexity index is 798. The molecule has 0 unspecified atom stereocenters. The average Bonchev–Trinajstić information content (AvgIpc) is 2.54. The van der Waals surface area contributed by atoms with E-state index in [2.05, 4.69) is 16.0 Å². The number of hydrogen-bond donors (Lipinski definition) is 2. The zero-order chi connectivity index (χ0) is 15.7. The van der Waals surface area contributed by atoms with Gasteiger partial charge in [0, 0.05) is 0 Å². The quantitative estimate of drug-likeness (QED) is 0.644. The van der Waals surface area contributed by atoms with Gasteiger partial charge in [0.05, 0.1) is 11.5 Å². The first-order chi connectivity index (χ1) is 10.7. The maximum atomic E-state index is 9.46. The van der Waals surface area contributed by atoms with E-state index in [0.717, 1.165) is 5.56 Å². The van der Waals surface area contributed by atoms with E-state index in [1.165, 1.54) is 11.8 Å². The number of fused-ring (bicyclic) bond motifs is 1. The molecule has 2 aromatic rings. The highest BCUT2D eigenvalue weighted by Gasteiger charge is 2.34. The summed E-state index contributed by atoms with van der Waals surface area (Å²) in [5.41, 5.74) is 13.8. The van der Waals surface area contributed by atoms with Crippen LogP contribution in [0.15, 0.2) is 46.9 Å². The molecule has 2 heterocycles. The van der Waals surface area contributed by atoms with Crippen LogP contribution in [0.3, 0.4) is 0 Å². The van der Waals surface area contributed by atoms with Crippen molar-refractivity contribution in [1.82, 2.24) is 9.97 Å². The van der Waals surface area contributed by atoms with Crippen LogP contribution in [0.1, 0.15) is 17.0 Å². The fraction of sp³-hybridized carbons (Fsp3) is 0.133. The fourth-order valence-electron chi connectivity index (χ4n) is 2.43. The third-order valence-electron chi connectivity index (χ3n) is 3.41. The standard InChI is InChI=1S/C15H13N5OS/c1-22-15-19-12(17)11-10(8-5-3-2-4-6-8)9(7-16)13(18)21-14(11)20-15/h2-6,10H,18H2,1H3,(H2,17,19,20)/t10-/m0/s1. The fourth-order valence-corrected chi connectivity index (χ4v) is 2.79. The molecule has 3 rings (SSSR count). The van der Waals surface area contributed by atoms with Gasteiger partial charge in [0.2, 0.25) is 11.8 Å². The van der Waals surface area contributed by atoms with Gasteiger partial charge in [0.15, 0.2) is 5.16 Å². The van der Waals surface area contributed by atoms with Crippen molar-refractivity contribution in [1.29, 1.82) is 5.26 Å². The highest BCUT2D eigenvalue weighted by molar-refractivity contribution is 7.98. The smallest absolute Gasteiger partial charge is 0.231 e. The maximum absolute atomic E-state index is 9.46. The van der Waals surface area contributed by atoms with Gasteiger partial charge in [-0.3, -0.25) is 0 Å². The van der Waals surface area contributed by atoms with Crippen molar-refractivity contribution in [2.75, 3.05) is 12.0 Å². The molecule has 22 heavy (non-hydrogen) atoms. The van der Waals surface area contributed by atoms with Gasteiger partial charge in [-0.1, -0.05) is 42.1 Å². The largest absolute Gasteiger partial charge is 0.422 e. The third kappa shape index (κ3) is 2.23. The Morgan fingerprint density at radius 3 is 2.59 bits per heavy atom. The zero-order valence-corrected chi connectivity index (χ0v) is 12.6. The van der Waals surface area contributed by atoms with Crippen LogP contribution in [0.25, 0.3) is 0 Å². The van der Waals surface area contributed by atoms with Gasteiger partial charge < -0.3 is 16.2 Å². The number of nitrogens with zero attached hydrogens (tertiary/aromatic N) is 3. The molecule has 1 atom stereocenters. The van der Waals surface area contributed by atoms with Crippen molar-refractivity contribution in [3.8, 4) is 11.9 Å². The molecule has 1 aromatic carbocycles. The molecule has 7 heteroatoms. The first-order valence-electron chi connectivity index (χ1n) is 6.49. The minimum Gasteiger partial charge on any atom is -0.422 e. The van der Waals surface area contributed by atoms with E-state index in [1.54, 1.807) is 0 Å². The van der Waals surface area contributed by atoms with Crippen LogP contribution in [-0.4, -0.2) is 16.2 Å². The minimum absolute atomic E-state index is 0.0500. The van der Waals surface area contributed by atoms with Gasteiger partial charge in [0.25, 0.3) is 0 Å². The monoisotopic (exact) mass is 311 g/mol. The zero-order valence-electron chi connectivity index (χ0n) is 11.8. The predicted octanol–water partition coefficient (Wildman–Crippen LogP) is 2.00. The van der Waals surface area contributed by atoms with E-state index in [-0.39, 0.29) is 5.88 Å². The molecular formula is C15H13N5OS. The summed E-state index contributed by atoms with van der Waals surface area (Å²) in [4.78, 5) is 8.56. The molecule has 0 saturated heterocycles. The average molecular weight is 311 g/mol. The van der Waals surface area contributed by atoms with Gasteiger partial charge in [0.1, 0.15) is 17.5 Å². The lowest BCUT2D eigenvalue weighted by Crippen LogP contribution is -2.23. The van der Waals surface area contributed by atoms with Crippen molar-refractivity contribution in [3.63, 3.8) is 0 Å². The van der Waals surface area contributed by atoms with Crippen molar-refractivity contribution >= 4 is 17.6 Å². The Morgan fingerprint density at radius 1 is 1.23 bits per heavy atom. The number of nitrogens with two attached hydrogens (primary N) is 2. The summed E-state index contributed by atoms with van der Waals surface area (Å²) in [5, 5.41) is 9.95. The molecule has 0 fully saturated rings. The molecule has 1 aliphatic heterocycles. The number of aromatic nitrogens is 2. The summed E-state index contributed by atoms with van der Waals surface area (Å²) < 4.78 is 5.50. The van der Waals surface area contributed by atoms with Crippen molar-refractivity contribution in [2.24, 2.45) is 5.73 Å². The summed E-state index contributed by atoms with van der Waals surface area (Å²) in [6, 6.07) is 11.6. The molecule has 0 bridgehead atoms. The van der Waals surface area contributed by atoms with Crippen LogP contribution in [0.4, 0.5) is 5.82 Å². The summed E-state index contributed by atoms with van der Waals surface area (Å²) in [6.45, 7) is 0. The lowest BCUT2D eigenvalue weighted by molar-refractivity contribution is 0.373. The number of allylic oxidation sites excluding steroid dienone is 1. The SMILES string of the molecule is CSc1nc(N)c2c(n1)OC(N)=C(C#N)[C@@H]2c1ccccc1. The van der Waals surface area contributed by atoms with Crippen molar-refractivity contribution < 1.29 is 4.74 Å². The van der Waals surface area contributed by atoms with E-state index >= 15 is 0 Å². The van der Waals surface area contributed by atoms with Gasteiger partial charge in [-0.05, 0) is 11.8 Å².